The van der Waals surface area contributed by atoms with Crippen molar-refractivity contribution in [1.82, 2.24) is 20.4 Å². The standard InChI is InChI=1S/C19H27N5O/c1-16(14-24-10-5-9-22-24)20-13-19(25)21-12-17-8-11-23(15-17)18-6-3-2-4-7-18/h2-7,9-10,16-17,20H,8,11-15H2,1H3,(H,21,25)/t16-,17+/m1/s1. The zero-order valence-electron chi connectivity index (χ0n) is 14.8. The molecule has 1 aliphatic heterocycles. The molecule has 2 N–H and O–H groups in total. The molecule has 25 heavy (non-hydrogen) atoms. The molecule has 6 heteroatoms. The highest BCUT2D eigenvalue weighted by Crippen LogP contribution is 2.22. The molecule has 2 aromatic rings. The Hall–Kier alpha value is -2.34. The van der Waals surface area contributed by atoms with E-state index in [0.717, 1.165) is 32.6 Å². The molecule has 3 rings (SSSR count). The van der Waals surface area contributed by atoms with Gasteiger partial charge in [0, 0.05) is 43.8 Å². The number of rotatable bonds is 8. The third kappa shape index (κ3) is 5.32. The van der Waals surface area contributed by atoms with Crippen LogP contribution in [0, 0.1) is 5.92 Å². The largest absolute Gasteiger partial charge is 0.371 e. The van der Waals surface area contributed by atoms with Gasteiger partial charge < -0.3 is 15.5 Å². The van der Waals surface area contributed by atoms with Crippen LogP contribution in [0.4, 0.5) is 5.69 Å². The number of aromatic nitrogens is 2. The Morgan fingerprint density at radius 2 is 2.16 bits per heavy atom. The number of amides is 1. The molecule has 2 atom stereocenters. The lowest BCUT2D eigenvalue weighted by molar-refractivity contribution is -0.120. The van der Waals surface area contributed by atoms with Gasteiger partial charge in [0.15, 0.2) is 0 Å². The molecule has 1 fully saturated rings. The van der Waals surface area contributed by atoms with Crippen LogP contribution in [0.15, 0.2) is 48.8 Å². The highest BCUT2D eigenvalue weighted by molar-refractivity contribution is 5.78. The van der Waals surface area contributed by atoms with Crippen LogP contribution in [0.5, 0.6) is 0 Å². The first-order valence-corrected chi connectivity index (χ1v) is 8.98. The highest BCUT2D eigenvalue weighted by Gasteiger charge is 2.22. The molecule has 1 aromatic carbocycles. The van der Waals surface area contributed by atoms with Crippen molar-refractivity contribution in [2.45, 2.75) is 25.9 Å². The molecule has 0 bridgehead atoms. The minimum Gasteiger partial charge on any atom is -0.371 e. The first-order valence-electron chi connectivity index (χ1n) is 8.98. The predicted octanol–water partition coefficient (Wildman–Crippen LogP) is 1.50. The van der Waals surface area contributed by atoms with Crippen LogP contribution in [-0.4, -0.2) is 47.9 Å². The Morgan fingerprint density at radius 1 is 1.32 bits per heavy atom. The minimum atomic E-state index is 0.0606. The van der Waals surface area contributed by atoms with E-state index in [1.165, 1.54) is 5.69 Å². The summed E-state index contributed by atoms with van der Waals surface area (Å²) in [6, 6.07) is 12.6. The summed E-state index contributed by atoms with van der Waals surface area (Å²) in [6.07, 6.45) is 4.81. The van der Waals surface area contributed by atoms with E-state index in [9.17, 15) is 4.79 Å². The lowest BCUT2D eigenvalue weighted by atomic mass is 10.1. The van der Waals surface area contributed by atoms with Crippen LogP contribution in [0.3, 0.4) is 0 Å². The Balaban J connectivity index is 1.33. The van der Waals surface area contributed by atoms with Crippen molar-refractivity contribution in [3.8, 4) is 0 Å². The van der Waals surface area contributed by atoms with Crippen LogP contribution in [0.1, 0.15) is 13.3 Å². The fourth-order valence-corrected chi connectivity index (χ4v) is 3.21. The van der Waals surface area contributed by atoms with Gasteiger partial charge in [0.2, 0.25) is 5.91 Å². The minimum absolute atomic E-state index is 0.0606. The number of hydrogen-bond donors (Lipinski definition) is 2. The second kappa shape index (κ2) is 8.67. The van der Waals surface area contributed by atoms with Gasteiger partial charge in [-0.3, -0.25) is 9.48 Å². The van der Waals surface area contributed by atoms with Gasteiger partial charge in [-0.2, -0.15) is 5.10 Å². The molecule has 0 aliphatic carbocycles. The second-order valence-electron chi connectivity index (χ2n) is 6.75. The number of anilines is 1. The number of nitrogens with one attached hydrogen (secondary N) is 2. The average molecular weight is 341 g/mol. The van der Waals surface area contributed by atoms with Crippen molar-refractivity contribution in [1.29, 1.82) is 0 Å². The molecule has 0 saturated carbocycles. The number of benzene rings is 1. The Labute approximate surface area is 149 Å². The highest BCUT2D eigenvalue weighted by atomic mass is 16.1. The van der Waals surface area contributed by atoms with E-state index in [-0.39, 0.29) is 11.9 Å². The van der Waals surface area contributed by atoms with Gasteiger partial charge in [-0.25, -0.2) is 0 Å². The maximum Gasteiger partial charge on any atom is 0.233 e. The monoisotopic (exact) mass is 341 g/mol. The molecule has 1 aromatic heterocycles. The molecule has 1 aliphatic rings. The number of nitrogens with zero attached hydrogens (tertiary/aromatic N) is 3. The summed E-state index contributed by atoms with van der Waals surface area (Å²) in [5.41, 5.74) is 1.27. The molecule has 1 saturated heterocycles. The molecular weight excluding hydrogens is 314 g/mol. The van der Waals surface area contributed by atoms with Gasteiger partial charge in [0.1, 0.15) is 0 Å². The molecule has 6 nitrogen and oxygen atoms in total. The zero-order chi connectivity index (χ0) is 17.5. The van der Waals surface area contributed by atoms with E-state index in [0.29, 0.717) is 12.5 Å². The van der Waals surface area contributed by atoms with E-state index in [4.69, 9.17) is 0 Å². The fourth-order valence-electron chi connectivity index (χ4n) is 3.21. The first-order chi connectivity index (χ1) is 12.2. The lowest BCUT2D eigenvalue weighted by Crippen LogP contribution is -2.41. The van der Waals surface area contributed by atoms with Crippen molar-refractivity contribution < 1.29 is 4.79 Å². The molecular formula is C19H27N5O. The Kier molecular flexibility index (Phi) is 6.06. The normalized spacial score (nSPS) is 18.3. The average Bonchev–Trinajstić information content (AvgIpc) is 3.31. The summed E-state index contributed by atoms with van der Waals surface area (Å²) in [5, 5.41) is 10.5. The lowest BCUT2D eigenvalue weighted by Gasteiger charge is -2.19. The molecule has 2 heterocycles. The number of carbonyl (C=O) groups is 1. The van der Waals surface area contributed by atoms with Crippen LogP contribution >= 0.6 is 0 Å². The predicted molar refractivity (Wildman–Crippen MR) is 99.5 cm³/mol. The van der Waals surface area contributed by atoms with Gasteiger partial charge in [0.05, 0.1) is 13.1 Å². The first kappa shape index (κ1) is 17.5. The summed E-state index contributed by atoms with van der Waals surface area (Å²) in [6.45, 7) is 5.98. The van der Waals surface area contributed by atoms with Crippen molar-refractivity contribution in [3.05, 3.63) is 48.8 Å². The zero-order valence-corrected chi connectivity index (χ0v) is 14.8. The molecule has 134 valence electrons. The van der Waals surface area contributed by atoms with E-state index in [1.807, 2.05) is 23.0 Å². The molecule has 1 amide bonds. The van der Waals surface area contributed by atoms with Crippen molar-refractivity contribution in [2.24, 2.45) is 5.92 Å². The van der Waals surface area contributed by atoms with Crippen molar-refractivity contribution in [3.63, 3.8) is 0 Å². The second-order valence-corrected chi connectivity index (χ2v) is 6.75. The van der Waals surface area contributed by atoms with E-state index in [2.05, 4.69) is 51.8 Å². The van der Waals surface area contributed by atoms with Crippen LogP contribution in [0.2, 0.25) is 0 Å². The quantitative estimate of drug-likeness (QED) is 0.764. The molecule has 0 unspecified atom stereocenters. The van der Waals surface area contributed by atoms with E-state index in [1.54, 1.807) is 6.20 Å². The number of carbonyl (C=O) groups excluding carboxylic acids is 1. The van der Waals surface area contributed by atoms with Gasteiger partial charge in [0.25, 0.3) is 0 Å². The Morgan fingerprint density at radius 3 is 2.92 bits per heavy atom. The van der Waals surface area contributed by atoms with Crippen LogP contribution < -0.4 is 15.5 Å². The van der Waals surface area contributed by atoms with Gasteiger partial charge >= 0.3 is 0 Å². The van der Waals surface area contributed by atoms with Crippen LogP contribution in [0.25, 0.3) is 0 Å². The smallest absolute Gasteiger partial charge is 0.233 e. The van der Waals surface area contributed by atoms with Crippen molar-refractivity contribution >= 4 is 11.6 Å². The third-order valence-electron chi connectivity index (χ3n) is 4.63. The number of hydrogen-bond acceptors (Lipinski definition) is 4. The fraction of sp³-hybridized carbons (Fsp3) is 0.474. The summed E-state index contributed by atoms with van der Waals surface area (Å²) >= 11 is 0. The SMILES string of the molecule is C[C@H](Cn1cccn1)NCC(=O)NC[C@@H]1CCN(c2ccccc2)C1. The van der Waals surface area contributed by atoms with Gasteiger partial charge in [-0.1, -0.05) is 18.2 Å². The summed E-state index contributed by atoms with van der Waals surface area (Å²) in [7, 11) is 0. The summed E-state index contributed by atoms with van der Waals surface area (Å²) in [4.78, 5) is 14.4. The van der Waals surface area contributed by atoms with E-state index >= 15 is 0 Å². The van der Waals surface area contributed by atoms with Gasteiger partial charge in [-0.05, 0) is 37.5 Å². The maximum absolute atomic E-state index is 12.0. The van der Waals surface area contributed by atoms with Gasteiger partial charge in [-0.15, -0.1) is 0 Å². The molecule has 0 spiro atoms. The third-order valence-corrected chi connectivity index (χ3v) is 4.63. The van der Waals surface area contributed by atoms with Crippen molar-refractivity contribution in [2.75, 3.05) is 31.1 Å². The summed E-state index contributed by atoms with van der Waals surface area (Å²) < 4.78 is 1.87. The van der Waals surface area contributed by atoms with Crippen LogP contribution in [-0.2, 0) is 11.3 Å². The molecule has 0 radical (unpaired) electrons. The summed E-state index contributed by atoms with van der Waals surface area (Å²) in [5.74, 6) is 0.580. The Bertz CT molecular complexity index is 643. The van der Waals surface area contributed by atoms with E-state index < -0.39 is 0 Å². The maximum atomic E-state index is 12.0. The topological polar surface area (TPSA) is 62.2 Å². The number of para-hydroxylation sites is 1.